The van der Waals surface area contributed by atoms with Gasteiger partial charge in [0.2, 0.25) is 0 Å². The molecule has 1 aromatic rings. The first kappa shape index (κ1) is 16.3. The van der Waals surface area contributed by atoms with E-state index in [4.69, 9.17) is 4.74 Å². The number of aromatic nitrogens is 1. The predicted octanol–water partition coefficient (Wildman–Crippen LogP) is 4.26. The molecule has 1 aliphatic carbocycles. The highest BCUT2D eigenvalue weighted by molar-refractivity contribution is 7.10. The van der Waals surface area contributed by atoms with Crippen LogP contribution in [0.25, 0.3) is 0 Å². The molecule has 0 spiro atoms. The third-order valence-electron chi connectivity index (χ3n) is 4.44. The number of esters is 1. The van der Waals surface area contributed by atoms with Gasteiger partial charge in [0.15, 0.2) is 0 Å². The third-order valence-corrected chi connectivity index (χ3v) is 5.33. The molecule has 0 aromatic carbocycles. The van der Waals surface area contributed by atoms with Crippen molar-refractivity contribution in [3.05, 3.63) is 11.3 Å². The maximum atomic E-state index is 12.0. The minimum Gasteiger partial charge on any atom is -0.462 e. The molecule has 118 valence electrons. The van der Waals surface area contributed by atoms with Gasteiger partial charge in [0.1, 0.15) is 10.6 Å². The summed E-state index contributed by atoms with van der Waals surface area (Å²) in [6.07, 6.45) is 6.57. The van der Waals surface area contributed by atoms with E-state index in [1.165, 1.54) is 43.6 Å². The largest absolute Gasteiger partial charge is 0.462 e. The topological polar surface area (TPSA) is 51.2 Å². The molecule has 1 heterocycles. The molecule has 0 unspecified atom stereocenters. The average Bonchev–Trinajstić information content (AvgIpc) is 2.87. The van der Waals surface area contributed by atoms with Gasteiger partial charge in [-0.1, -0.05) is 26.2 Å². The number of carbonyl (C=O) groups excluding carboxylic acids is 1. The molecule has 1 aliphatic rings. The molecule has 1 fully saturated rings. The number of ether oxygens (including phenoxy) is 1. The summed E-state index contributed by atoms with van der Waals surface area (Å²) in [5, 5.41) is 4.30. The lowest BCUT2D eigenvalue weighted by molar-refractivity contribution is 0.0527. The van der Waals surface area contributed by atoms with E-state index in [0.29, 0.717) is 18.1 Å². The molecule has 1 aromatic heterocycles. The minimum absolute atomic E-state index is 0.263. The number of nitrogens with zero attached hydrogens (tertiary/aromatic N) is 1. The Bertz CT molecular complexity index is 465. The molecule has 0 amide bonds. The van der Waals surface area contributed by atoms with Gasteiger partial charge in [0.05, 0.1) is 12.3 Å². The zero-order valence-electron chi connectivity index (χ0n) is 13.3. The van der Waals surface area contributed by atoms with Crippen molar-refractivity contribution < 1.29 is 9.53 Å². The number of hydrogen-bond donors (Lipinski definition) is 1. The smallest absolute Gasteiger partial charge is 0.343 e. The summed E-state index contributed by atoms with van der Waals surface area (Å²) < 4.78 is 9.40. The first-order valence-electron chi connectivity index (χ1n) is 8.02. The lowest BCUT2D eigenvalue weighted by atomic mass is 9.81. The van der Waals surface area contributed by atoms with Crippen LogP contribution in [0.3, 0.4) is 0 Å². The number of rotatable bonds is 6. The fraction of sp³-hybridized carbons (Fsp3) is 0.750. The van der Waals surface area contributed by atoms with E-state index >= 15 is 0 Å². The van der Waals surface area contributed by atoms with Crippen molar-refractivity contribution in [2.75, 3.05) is 18.5 Å². The Balaban J connectivity index is 1.90. The molecule has 5 heteroatoms. The zero-order chi connectivity index (χ0) is 15.2. The van der Waals surface area contributed by atoms with Crippen LogP contribution in [0.4, 0.5) is 5.00 Å². The van der Waals surface area contributed by atoms with E-state index in [9.17, 15) is 4.79 Å². The Morgan fingerprint density at radius 1 is 1.29 bits per heavy atom. The van der Waals surface area contributed by atoms with Crippen LogP contribution in [0.5, 0.6) is 0 Å². The highest BCUT2D eigenvalue weighted by Gasteiger charge is 2.23. The quantitative estimate of drug-likeness (QED) is 0.798. The van der Waals surface area contributed by atoms with E-state index in [1.54, 1.807) is 0 Å². The van der Waals surface area contributed by atoms with Crippen molar-refractivity contribution in [1.29, 1.82) is 0 Å². The van der Waals surface area contributed by atoms with Gasteiger partial charge in [-0.3, -0.25) is 0 Å². The fourth-order valence-electron chi connectivity index (χ4n) is 3.01. The van der Waals surface area contributed by atoms with Gasteiger partial charge >= 0.3 is 5.97 Å². The molecular weight excluding hydrogens is 284 g/mol. The number of hydrogen-bond acceptors (Lipinski definition) is 5. The van der Waals surface area contributed by atoms with Gasteiger partial charge in [0.25, 0.3) is 0 Å². The molecule has 0 bridgehead atoms. The monoisotopic (exact) mass is 310 g/mol. The van der Waals surface area contributed by atoms with Crippen LogP contribution in [-0.4, -0.2) is 23.5 Å². The summed E-state index contributed by atoms with van der Waals surface area (Å²) in [6.45, 7) is 7.31. The molecule has 1 N–H and O–H groups in total. The van der Waals surface area contributed by atoms with Crippen molar-refractivity contribution in [3.8, 4) is 0 Å². The molecule has 2 rings (SSSR count). The van der Waals surface area contributed by atoms with Crippen molar-refractivity contribution in [2.24, 2.45) is 11.8 Å². The van der Waals surface area contributed by atoms with E-state index in [0.717, 1.165) is 23.2 Å². The van der Waals surface area contributed by atoms with Crippen LogP contribution in [0.1, 0.15) is 62.0 Å². The second-order valence-corrected chi connectivity index (χ2v) is 6.64. The van der Waals surface area contributed by atoms with Crippen molar-refractivity contribution in [1.82, 2.24) is 4.37 Å². The summed E-state index contributed by atoms with van der Waals surface area (Å²) in [4.78, 5) is 12.0. The summed E-state index contributed by atoms with van der Waals surface area (Å²) in [7, 11) is 0. The van der Waals surface area contributed by atoms with E-state index < -0.39 is 0 Å². The highest BCUT2D eigenvalue weighted by atomic mass is 32.1. The first-order valence-corrected chi connectivity index (χ1v) is 8.80. The number of aryl methyl sites for hydroxylation is 1. The maximum absolute atomic E-state index is 12.0. The Morgan fingerprint density at radius 3 is 2.57 bits per heavy atom. The molecule has 0 atom stereocenters. The highest BCUT2D eigenvalue weighted by Crippen LogP contribution is 2.32. The van der Waals surface area contributed by atoms with Crippen molar-refractivity contribution >= 4 is 22.5 Å². The molecule has 4 nitrogen and oxygen atoms in total. The Morgan fingerprint density at radius 2 is 1.95 bits per heavy atom. The van der Waals surface area contributed by atoms with E-state index in [1.807, 2.05) is 13.8 Å². The van der Waals surface area contributed by atoms with Gasteiger partial charge < -0.3 is 10.1 Å². The van der Waals surface area contributed by atoms with Gasteiger partial charge in [-0.15, -0.1) is 0 Å². The van der Waals surface area contributed by atoms with E-state index in [-0.39, 0.29) is 5.97 Å². The molecule has 21 heavy (non-hydrogen) atoms. The van der Waals surface area contributed by atoms with Crippen LogP contribution in [0.2, 0.25) is 0 Å². The van der Waals surface area contributed by atoms with Gasteiger partial charge in [0, 0.05) is 6.54 Å². The van der Waals surface area contributed by atoms with Crippen LogP contribution >= 0.6 is 11.5 Å². The molecule has 1 saturated carbocycles. The average molecular weight is 310 g/mol. The van der Waals surface area contributed by atoms with Crippen LogP contribution in [0, 0.1) is 18.8 Å². The van der Waals surface area contributed by atoms with Crippen LogP contribution in [0.15, 0.2) is 0 Å². The third kappa shape index (κ3) is 4.19. The first-order chi connectivity index (χ1) is 10.2. The summed E-state index contributed by atoms with van der Waals surface area (Å²) in [5.74, 6) is 1.37. The Labute approximate surface area is 131 Å². The lowest BCUT2D eigenvalue weighted by Gasteiger charge is -2.27. The normalized spacial score (nSPS) is 22.0. The predicted molar refractivity (Wildman–Crippen MR) is 87.0 cm³/mol. The number of nitrogens with one attached hydrogen (secondary N) is 1. The zero-order valence-corrected chi connectivity index (χ0v) is 14.1. The van der Waals surface area contributed by atoms with Crippen molar-refractivity contribution in [2.45, 2.75) is 52.9 Å². The summed E-state index contributed by atoms with van der Waals surface area (Å²) in [6, 6.07) is 0. The molecule has 0 radical (unpaired) electrons. The second kappa shape index (κ2) is 7.78. The molecule has 0 aliphatic heterocycles. The summed E-state index contributed by atoms with van der Waals surface area (Å²) in [5.41, 5.74) is 1.37. The lowest BCUT2D eigenvalue weighted by Crippen LogP contribution is -2.21. The van der Waals surface area contributed by atoms with Gasteiger partial charge in [-0.2, -0.15) is 4.37 Å². The summed E-state index contributed by atoms with van der Waals surface area (Å²) >= 11 is 1.36. The van der Waals surface area contributed by atoms with Crippen molar-refractivity contribution in [3.63, 3.8) is 0 Å². The van der Waals surface area contributed by atoms with Gasteiger partial charge in [-0.25, -0.2) is 4.79 Å². The number of carbonyl (C=O) groups is 1. The van der Waals surface area contributed by atoms with Gasteiger partial charge in [-0.05, 0) is 50.1 Å². The Hall–Kier alpha value is -1.10. The standard InChI is InChI=1S/C16H26N2O2S/c1-4-12-6-8-13(9-7-12)10-17-15-14(11(3)18-21-15)16(19)20-5-2/h12-13,17H,4-10H2,1-3H3. The maximum Gasteiger partial charge on any atom is 0.343 e. The molecular formula is C16H26N2O2S. The fourth-order valence-corrected chi connectivity index (χ4v) is 3.80. The SMILES string of the molecule is CCOC(=O)c1c(C)nsc1NCC1CCC(CC)CC1. The molecule has 0 saturated heterocycles. The van der Waals surface area contributed by atoms with Crippen LogP contribution in [-0.2, 0) is 4.74 Å². The second-order valence-electron chi connectivity index (χ2n) is 5.87. The minimum atomic E-state index is -0.263. The van der Waals surface area contributed by atoms with Crippen LogP contribution < -0.4 is 5.32 Å². The Kier molecular flexibility index (Phi) is 6.03. The van der Waals surface area contributed by atoms with E-state index in [2.05, 4.69) is 16.6 Å². The number of anilines is 1.